The number of piperidine rings is 2. The fourth-order valence-corrected chi connectivity index (χ4v) is 4.39. The average Bonchev–Trinajstić information content (AvgIpc) is 2.78. The van der Waals surface area contributed by atoms with E-state index in [9.17, 15) is 14.4 Å². The van der Waals surface area contributed by atoms with Gasteiger partial charge in [-0.25, -0.2) is 0 Å². The molecule has 1 unspecified atom stereocenters. The minimum atomic E-state index is -0.336. The second kappa shape index (κ2) is 13.2. The van der Waals surface area contributed by atoms with Gasteiger partial charge in [0.25, 0.3) is 0 Å². The molecule has 3 rings (SSSR count). The third-order valence-corrected chi connectivity index (χ3v) is 6.86. The van der Waals surface area contributed by atoms with Crippen LogP contribution in [-0.4, -0.2) is 49.9 Å². The van der Waals surface area contributed by atoms with Crippen LogP contribution in [0.2, 0.25) is 0 Å². The predicted molar refractivity (Wildman–Crippen MR) is 134 cm³/mol. The fourth-order valence-electron chi connectivity index (χ4n) is 3.90. The number of nitrogens with one attached hydrogen (secondary N) is 2. The maximum atomic E-state index is 12.0. The van der Waals surface area contributed by atoms with Crippen molar-refractivity contribution in [1.29, 1.82) is 0 Å². The van der Waals surface area contributed by atoms with E-state index >= 15 is 0 Å². The predicted octanol–water partition coefficient (Wildman–Crippen LogP) is 3.97. The molecule has 2 aliphatic rings. The van der Waals surface area contributed by atoms with Gasteiger partial charge in [-0.05, 0) is 64.5 Å². The van der Waals surface area contributed by atoms with E-state index < -0.39 is 0 Å². The number of anilines is 1. The number of hydrogen-bond donors (Lipinski definition) is 2. The van der Waals surface area contributed by atoms with Crippen molar-refractivity contribution >= 4 is 39.7 Å². The molecule has 2 N–H and O–H groups in total. The molecule has 0 bridgehead atoms. The minimum absolute atomic E-state index is 0.0417. The van der Waals surface area contributed by atoms with Gasteiger partial charge in [0.15, 0.2) is 0 Å². The Hall–Kier alpha value is -1.77. The number of hydrogen-bond acceptors (Lipinski definition) is 6. The molecule has 0 aromatic heterocycles. The van der Waals surface area contributed by atoms with Crippen LogP contribution in [0.25, 0.3) is 0 Å². The second-order valence-electron chi connectivity index (χ2n) is 9.61. The highest BCUT2D eigenvalue weighted by molar-refractivity contribution is 9.10. The average molecular weight is 525 g/mol. The van der Waals surface area contributed by atoms with Crippen LogP contribution in [0.5, 0.6) is 0 Å². The second-order valence-corrected chi connectivity index (χ2v) is 10.5. The van der Waals surface area contributed by atoms with E-state index in [1.54, 1.807) is 7.11 Å². The third kappa shape index (κ3) is 9.18. The number of methoxy groups -OCH3 is 1. The normalized spacial score (nSPS) is 19.5. The van der Waals surface area contributed by atoms with Crippen LogP contribution in [0.1, 0.15) is 64.9 Å². The van der Waals surface area contributed by atoms with Crippen molar-refractivity contribution in [1.82, 2.24) is 10.6 Å². The molecule has 33 heavy (non-hydrogen) atoms. The summed E-state index contributed by atoms with van der Waals surface area (Å²) in [5.41, 5.74) is 2.35. The lowest BCUT2D eigenvalue weighted by Gasteiger charge is -2.35. The molecule has 8 heteroatoms. The molecule has 2 aliphatic heterocycles. The SMILES string of the molecule is COC(C)(C)C.O=CCCC1CCN(c2cccc(Br)c2CNC2CCC(=O)NC2=O)CC1. The van der Waals surface area contributed by atoms with Gasteiger partial charge < -0.3 is 19.7 Å². The largest absolute Gasteiger partial charge is 0.379 e. The lowest BCUT2D eigenvalue weighted by molar-refractivity contribution is -0.134. The summed E-state index contributed by atoms with van der Waals surface area (Å²) >= 11 is 3.65. The Morgan fingerprint density at radius 2 is 1.88 bits per heavy atom. The van der Waals surface area contributed by atoms with Crippen LogP contribution >= 0.6 is 15.9 Å². The standard InChI is InChI=1S/C20H26BrN3O3.C5H12O/c21-16-4-1-5-18(24-10-8-14(9-11-24)3-2-12-25)15(16)13-22-17-6-7-19(26)23-20(17)27;1-5(2,3)6-4/h1,4-5,12,14,17,22H,2-3,6-11,13H2,(H,23,26,27);1-4H3. The Morgan fingerprint density at radius 1 is 1.21 bits per heavy atom. The highest BCUT2D eigenvalue weighted by Gasteiger charge is 2.27. The van der Waals surface area contributed by atoms with E-state index in [0.29, 0.717) is 31.7 Å². The van der Waals surface area contributed by atoms with E-state index in [0.717, 1.165) is 48.7 Å². The smallest absolute Gasteiger partial charge is 0.243 e. The van der Waals surface area contributed by atoms with Crippen molar-refractivity contribution in [3.63, 3.8) is 0 Å². The van der Waals surface area contributed by atoms with Gasteiger partial charge in [-0.2, -0.15) is 0 Å². The van der Waals surface area contributed by atoms with Gasteiger partial charge in [-0.3, -0.25) is 14.9 Å². The highest BCUT2D eigenvalue weighted by Crippen LogP contribution is 2.32. The summed E-state index contributed by atoms with van der Waals surface area (Å²) in [6, 6.07) is 5.84. The van der Waals surface area contributed by atoms with Crippen LogP contribution in [0.4, 0.5) is 5.69 Å². The van der Waals surface area contributed by atoms with E-state index in [-0.39, 0.29) is 23.5 Å². The molecular formula is C25H38BrN3O4. The van der Waals surface area contributed by atoms with Crippen LogP contribution in [0.15, 0.2) is 22.7 Å². The van der Waals surface area contributed by atoms with Crippen LogP contribution < -0.4 is 15.5 Å². The number of imide groups is 1. The number of rotatable bonds is 7. The maximum absolute atomic E-state index is 12.0. The number of benzene rings is 1. The van der Waals surface area contributed by atoms with Crippen molar-refractivity contribution in [2.24, 2.45) is 5.92 Å². The number of ether oxygens (including phenoxy) is 1. The Kier molecular flexibility index (Phi) is 11.0. The molecular weight excluding hydrogens is 486 g/mol. The molecule has 1 aromatic carbocycles. The molecule has 1 atom stereocenters. The summed E-state index contributed by atoms with van der Waals surface area (Å²) in [5.74, 6) is 0.191. The van der Waals surface area contributed by atoms with Crippen LogP contribution in [0, 0.1) is 5.92 Å². The van der Waals surface area contributed by atoms with E-state index in [1.807, 2.05) is 32.9 Å². The molecule has 0 radical (unpaired) electrons. The van der Waals surface area contributed by atoms with E-state index in [2.05, 4.69) is 37.5 Å². The zero-order valence-electron chi connectivity index (χ0n) is 20.3. The Morgan fingerprint density at radius 3 is 2.45 bits per heavy atom. The number of amides is 2. The maximum Gasteiger partial charge on any atom is 0.243 e. The molecule has 2 fully saturated rings. The van der Waals surface area contributed by atoms with Crippen LogP contribution in [-0.2, 0) is 25.7 Å². The van der Waals surface area contributed by atoms with Gasteiger partial charge >= 0.3 is 0 Å². The third-order valence-electron chi connectivity index (χ3n) is 6.12. The van der Waals surface area contributed by atoms with E-state index in [4.69, 9.17) is 4.74 Å². The molecule has 1 aromatic rings. The Labute approximate surface area is 206 Å². The van der Waals surface area contributed by atoms with Gasteiger partial charge in [0.2, 0.25) is 11.8 Å². The first-order chi connectivity index (χ1) is 15.6. The van der Waals surface area contributed by atoms with Crippen molar-refractivity contribution in [3.05, 3.63) is 28.2 Å². The van der Waals surface area contributed by atoms with Gasteiger partial charge in [0.1, 0.15) is 6.29 Å². The number of aldehydes is 1. The highest BCUT2D eigenvalue weighted by atomic mass is 79.9. The quantitative estimate of drug-likeness (QED) is 0.415. The van der Waals surface area contributed by atoms with Crippen molar-refractivity contribution in [2.45, 2.75) is 77.5 Å². The van der Waals surface area contributed by atoms with E-state index in [1.165, 1.54) is 5.69 Å². The number of carbonyl (C=O) groups excluding carboxylic acids is 3. The first-order valence-electron chi connectivity index (χ1n) is 11.7. The summed E-state index contributed by atoms with van der Waals surface area (Å²) in [6.07, 6.45) is 5.76. The number of halogens is 1. The summed E-state index contributed by atoms with van der Waals surface area (Å²) in [5, 5.41) is 5.70. The van der Waals surface area contributed by atoms with Gasteiger partial charge in [0, 0.05) is 55.3 Å². The lowest BCUT2D eigenvalue weighted by atomic mass is 9.92. The first-order valence-corrected chi connectivity index (χ1v) is 12.5. The zero-order chi connectivity index (χ0) is 24.4. The van der Waals surface area contributed by atoms with Crippen molar-refractivity contribution in [2.75, 3.05) is 25.1 Å². The molecule has 2 heterocycles. The molecule has 0 saturated carbocycles. The fraction of sp³-hybridized carbons (Fsp3) is 0.640. The van der Waals surface area contributed by atoms with Gasteiger partial charge in [0.05, 0.1) is 11.6 Å². The van der Waals surface area contributed by atoms with Gasteiger partial charge in [-0.1, -0.05) is 22.0 Å². The van der Waals surface area contributed by atoms with Crippen molar-refractivity contribution < 1.29 is 19.1 Å². The first kappa shape index (κ1) is 27.5. The summed E-state index contributed by atoms with van der Waals surface area (Å²) in [7, 11) is 1.71. The molecule has 2 saturated heterocycles. The summed E-state index contributed by atoms with van der Waals surface area (Å²) in [6.45, 7) is 8.58. The lowest BCUT2D eigenvalue weighted by Crippen LogP contribution is -2.50. The number of nitrogens with zero attached hydrogens (tertiary/aromatic N) is 1. The Bertz CT molecular complexity index is 801. The molecule has 0 aliphatic carbocycles. The molecule has 0 spiro atoms. The topological polar surface area (TPSA) is 87.7 Å². The Balaban J connectivity index is 0.000000569. The zero-order valence-corrected chi connectivity index (χ0v) is 21.9. The van der Waals surface area contributed by atoms with Crippen LogP contribution in [0.3, 0.4) is 0 Å². The molecule has 7 nitrogen and oxygen atoms in total. The monoisotopic (exact) mass is 523 g/mol. The molecule has 2 amide bonds. The van der Waals surface area contributed by atoms with Crippen molar-refractivity contribution in [3.8, 4) is 0 Å². The minimum Gasteiger partial charge on any atom is -0.379 e. The molecule has 184 valence electrons. The summed E-state index contributed by atoms with van der Waals surface area (Å²) < 4.78 is 5.95. The number of carbonyl (C=O) groups is 3. The van der Waals surface area contributed by atoms with Gasteiger partial charge in [-0.15, -0.1) is 0 Å². The summed E-state index contributed by atoms with van der Waals surface area (Å²) in [4.78, 5) is 36.3.